The molecule has 1 aromatic carbocycles. The van der Waals surface area contributed by atoms with Crippen LogP contribution < -0.4 is 5.32 Å². The fraction of sp³-hybridized carbons (Fsp3) is 0.353. The minimum atomic E-state index is -4.51. The zero-order chi connectivity index (χ0) is 20.6. The molecule has 0 unspecified atom stereocenters. The molecular formula is C17H20N6O5S. The molecular weight excluding hydrogens is 400 g/mol. The van der Waals surface area contributed by atoms with Crippen LogP contribution in [0.2, 0.25) is 0 Å². The lowest BCUT2D eigenvalue weighted by Gasteiger charge is -2.23. The summed E-state index contributed by atoms with van der Waals surface area (Å²) in [5.74, 6) is 0.544. The molecule has 0 spiro atoms. The summed E-state index contributed by atoms with van der Waals surface area (Å²) >= 11 is 0. The maximum Gasteiger partial charge on any atom is 0.337 e. The third kappa shape index (κ3) is 3.93. The van der Waals surface area contributed by atoms with Crippen LogP contribution in [0.3, 0.4) is 0 Å². The molecule has 0 radical (unpaired) electrons. The van der Waals surface area contributed by atoms with E-state index in [9.17, 15) is 18.1 Å². The van der Waals surface area contributed by atoms with Crippen LogP contribution in [0.4, 0.5) is 5.82 Å². The highest BCUT2D eigenvalue weighted by Crippen LogP contribution is 2.33. The summed E-state index contributed by atoms with van der Waals surface area (Å²) in [6, 6.07) is 9.82. The molecule has 29 heavy (non-hydrogen) atoms. The minimum Gasteiger partial charge on any atom is -0.389 e. The van der Waals surface area contributed by atoms with E-state index in [0.717, 1.165) is 12.6 Å². The van der Waals surface area contributed by atoms with Gasteiger partial charge in [-0.2, -0.15) is 12.7 Å². The Morgan fingerprint density at radius 1 is 1.28 bits per heavy atom. The summed E-state index contributed by atoms with van der Waals surface area (Å²) in [6.07, 6.45) is -0.0541. The van der Waals surface area contributed by atoms with Crippen molar-refractivity contribution < 1.29 is 22.8 Å². The molecule has 0 bridgehead atoms. The second-order valence-electron chi connectivity index (χ2n) is 6.66. The number of aliphatic hydroxyl groups is 1. The molecule has 0 saturated carbocycles. The van der Waals surface area contributed by atoms with E-state index >= 15 is 0 Å². The van der Waals surface area contributed by atoms with Crippen molar-refractivity contribution in [2.45, 2.75) is 31.5 Å². The third-order valence-electron chi connectivity index (χ3n) is 4.76. The zero-order valence-electron chi connectivity index (χ0n) is 15.5. The van der Waals surface area contributed by atoms with E-state index in [2.05, 4.69) is 20.3 Å². The average molecular weight is 420 g/mol. The zero-order valence-corrected chi connectivity index (χ0v) is 16.3. The third-order valence-corrected chi connectivity index (χ3v) is 5.70. The summed E-state index contributed by atoms with van der Waals surface area (Å²) in [7, 11) is -3.38. The molecule has 1 aliphatic heterocycles. The van der Waals surface area contributed by atoms with E-state index in [1.165, 1.54) is 12.7 Å². The Labute approximate surface area is 166 Å². The smallest absolute Gasteiger partial charge is 0.337 e. The number of nitrogens with zero attached hydrogens (tertiary/aromatic N) is 5. The lowest BCUT2D eigenvalue weighted by Crippen LogP contribution is -2.42. The predicted octanol–water partition coefficient (Wildman–Crippen LogP) is 0.779. The van der Waals surface area contributed by atoms with Gasteiger partial charge < -0.3 is 15.2 Å². The number of benzene rings is 1. The fourth-order valence-electron chi connectivity index (χ4n) is 3.24. The van der Waals surface area contributed by atoms with Gasteiger partial charge in [0.05, 0.1) is 12.4 Å². The molecule has 1 aliphatic rings. The van der Waals surface area contributed by atoms with Crippen LogP contribution in [0.5, 0.6) is 0 Å². The number of nitrogens with one attached hydrogen (secondary N) is 1. The first-order valence-corrected chi connectivity index (χ1v) is 10.2. The van der Waals surface area contributed by atoms with Crippen molar-refractivity contribution in [1.29, 1.82) is 0 Å². The van der Waals surface area contributed by atoms with Gasteiger partial charge in [-0.05, 0) is 5.56 Å². The quantitative estimate of drug-likeness (QED) is 0.493. The van der Waals surface area contributed by atoms with Gasteiger partial charge in [0.1, 0.15) is 12.6 Å². The second kappa shape index (κ2) is 7.65. The lowest BCUT2D eigenvalue weighted by molar-refractivity contribution is -0.0686. The van der Waals surface area contributed by atoms with Gasteiger partial charge in [0, 0.05) is 20.0 Å². The molecule has 0 amide bonds. The average Bonchev–Trinajstić information content (AvgIpc) is 3.29. The minimum absolute atomic E-state index is 0.104. The first-order chi connectivity index (χ1) is 13.8. The van der Waals surface area contributed by atoms with Crippen molar-refractivity contribution >= 4 is 27.3 Å². The Hall–Kier alpha value is -2.64. The molecule has 3 N–H and O–H groups in total. The molecule has 154 valence electrons. The number of hydrogen-bond donors (Lipinski definition) is 3. The Bertz CT molecular complexity index is 1110. The van der Waals surface area contributed by atoms with Crippen LogP contribution >= 0.6 is 0 Å². The highest BCUT2D eigenvalue weighted by atomic mass is 32.2. The summed E-state index contributed by atoms with van der Waals surface area (Å²) in [6.45, 7) is 0.555. The van der Waals surface area contributed by atoms with Gasteiger partial charge in [0.2, 0.25) is 0 Å². The van der Waals surface area contributed by atoms with Crippen LogP contribution in [-0.2, 0) is 21.6 Å². The summed E-state index contributed by atoms with van der Waals surface area (Å²) in [5, 5.41) is 13.4. The number of fused-ring (bicyclic) bond motifs is 1. The van der Waals surface area contributed by atoms with Crippen molar-refractivity contribution in [3.8, 4) is 0 Å². The molecule has 3 aromatic rings. The highest BCUT2D eigenvalue weighted by molar-refractivity contribution is 7.83. The summed E-state index contributed by atoms with van der Waals surface area (Å²) in [4.78, 5) is 12.8. The number of rotatable bonds is 6. The van der Waals surface area contributed by atoms with Gasteiger partial charge in [0.15, 0.2) is 23.2 Å². The molecule has 2 aromatic heterocycles. The van der Waals surface area contributed by atoms with Gasteiger partial charge >= 0.3 is 10.3 Å². The van der Waals surface area contributed by atoms with Crippen LogP contribution in [0.1, 0.15) is 18.2 Å². The molecule has 12 heteroatoms. The van der Waals surface area contributed by atoms with E-state index in [0.29, 0.717) is 27.8 Å². The maximum atomic E-state index is 11.3. The fourth-order valence-corrected chi connectivity index (χ4v) is 3.70. The first-order valence-electron chi connectivity index (χ1n) is 8.84. The van der Waals surface area contributed by atoms with Gasteiger partial charge in [-0.3, -0.25) is 9.12 Å². The van der Waals surface area contributed by atoms with E-state index in [1.807, 2.05) is 30.3 Å². The highest BCUT2D eigenvalue weighted by Gasteiger charge is 2.41. The Morgan fingerprint density at radius 2 is 2.03 bits per heavy atom. The largest absolute Gasteiger partial charge is 0.389 e. The second-order valence-corrected chi connectivity index (χ2v) is 8.14. The van der Waals surface area contributed by atoms with Crippen LogP contribution in [0.15, 0.2) is 43.0 Å². The van der Waals surface area contributed by atoms with E-state index in [-0.39, 0.29) is 6.42 Å². The van der Waals surface area contributed by atoms with Crippen molar-refractivity contribution in [3.63, 3.8) is 0 Å². The number of ether oxygens (including phenoxy) is 1. The molecule has 3 heterocycles. The van der Waals surface area contributed by atoms with Gasteiger partial charge in [-0.15, -0.1) is 0 Å². The summed E-state index contributed by atoms with van der Waals surface area (Å²) in [5.41, 5.74) is 2.08. The normalized spacial score (nSPS) is 22.4. The number of anilines is 1. The standard InChI is InChI=1S/C17H20N6O5S/c1-22(29(25,26)27)17-12(24)7-13(28-17)23-10-21-14-15(19-9-20-16(14)23)18-8-11-5-3-2-4-6-11/h2-6,9-10,12-13,17,24H,7-8H2,1H3,(H,18,19,20)(H,25,26,27)/t12-,13+,17+/m0/s1. The SMILES string of the molecule is CN([C@@H]1O[C@@H](n2cnc3c(NCc4ccccc4)ncnc32)C[C@@H]1O)S(=O)(=O)O. The van der Waals surface area contributed by atoms with Crippen LogP contribution in [0, 0.1) is 0 Å². The topological polar surface area (TPSA) is 143 Å². The first kappa shape index (κ1) is 19.7. The maximum absolute atomic E-state index is 11.3. The van der Waals surface area contributed by atoms with Crippen LogP contribution in [0.25, 0.3) is 11.2 Å². The van der Waals surface area contributed by atoms with Crippen LogP contribution in [-0.4, -0.2) is 61.3 Å². The molecule has 11 nitrogen and oxygen atoms in total. The van der Waals surface area contributed by atoms with Gasteiger partial charge in [-0.25, -0.2) is 15.0 Å². The molecule has 1 saturated heterocycles. The van der Waals surface area contributed by atoms with Gasteiger partial charge in [-0.1, -0.05) is 30.3 Å². The number of aliphatic hydroxyl groups excluding tert-OH is 1. The number of hydrogen-bond acceptors (Lipinski definition) is 8. The Balaban J connectivity index is 1.57. The number of aromatic nitrogens is 4. The summed E-state index contributed by atoms with van der Waals surface area (Å²) < 4.78 is 39.7. The Morgan fingerprint density at radius 3 is 2.76 bits per heavy atom. The van der Waals surface area contributed by atoms with E-state index < -0.39 is 28.9 Å². The predicted molar refractivity (Wildman–Crippen MR) is 103 cm³/mol. The van der Waals surface area contributed by atoms with Crippen molar-refractivity contribution in [2.24, 2.45) is 0 Å². The van der Waals surface area contributed by atoms with E-state index in [4.69, 9.17) is 4.74 Å². The number of likely N-dealkylation sites (N-methyl/N-ethyl adjacent to an activating group) is 1. The van der Waals surface area contributed by atoms with Crippen molar-refractivity contribution in [1.82, 2.24) is 23.8 Å². The monoisotopic (exact) mass is 420 g/mol. The molecule has 1 fully saturated rings. The Kier molecular flexibility index (Phi) is 5.19. The van der Waals surface area contributed by atoms with Crippen molar-refractivity contribution in [3.05, 3.63) is 48.5 Å². The molecule has 4 rings (SSSR count). The number of imidazole rings is 1. The van der Waals surface area contributed by atoms with E-state index in [1.54, 1.807) is 4.57 Å². The lowest BCUT2D eigenvalue weighted by atomic mass is 10.2. The molecule has 3 atom stereocenters. The van der Waals surface area contributed by atoms with Crippen molar-refractivity contribution in [2.75, 3.05) is 12.4 Å². The molecule has 0 aliphatic carbocycles. The van der Waals surface area contributed by atoms with Gasteiger partial charge in [0.25, 0.3) is 0 Å².